The Morgan fingerprint density at radius 2 is 1.76 bits per heavy atom. The maximum atomic E-state index is 14.1. The Morgan fingerprint density at radius 1 is 1.05 bits per heavy atom. The van der Waals surface area contributed by atoms with E-state index >= 15 is 0 Å². The van der Waals surface area contributed by atoms with Gasteiger partial charge in [-0.2, -0.15) is 0 Å². The third-order valence-corrected chi connectivity index (χ3v) is 6.75. The maximum absolute atomic E-state index is 14.1. The number of nitrogens with zero attached hydrogens (tertiary/aromatic N) is 1. The molecule has 1 aromatic heterocycles. The van der Waals surface area contributed by atoms with Crippen LogP contribution in [0.2, 0.25) is 0 Å². The highest BCUT2D eigenvalue weighted by atomic mass is 19.1. The highest BCUT2D eigenvalue weighted by Gasteiger charge is 2.30. The van der Waals surface area contributed by atoms with Crippen molar-refractivity contribution in [2.24, 2.45) is 0 Å². The van der Waals surface area contributed by atoms with Crippen molar-refractivity contribution in [2.45, 2.75) is 52.2 Å². The summed E-state index contributed by atoms with van der Waals surface area (Å²) >= 11 is 0. The first-order chi connectivity index (χ1) is 19.8. The van der Waals surface area contributed by atoms with Gasteiger partial charge in [0.15, 0.2) is 0 Å². The molecule has 0 aliphatic heterocycles. The van der Waals surface area contributed by atoms with Crippen molar-refractivity contribution in [2.75, 3.05) is 7.11 Å². The topological polar surface area (TPSA) is 60.3 Å². The molecule has 0 radical (unpaired) electrons. The van der Waals surface area contributed by atoms with Gasteiger partial charge >= 0.3 is 0 Å². The van der Waals surface area contributed by atoms with Gasteiger partial charge in [0.05, 0.1) is 17.4 Å². The first-order valence-corrected chi connectivity index (χ1v) is 13.8. The number of nitrogens with one attached hydrogen (secondary N) is 1. The Balaban J connectivity index is 2.28. The fraction of sp³-hybridized carbons (Fsp3) is 0.257. The minimum atomic E-state index is -0.333. The summed E-state index contributed by atoms with van der Waals surface area (Å²) in [6.07, 6.45) is 12.4. The van der Waals surface area contributed by atoms with Gasteiger partial charge in [0.2, 0.25) is 0 Å². The molecule has 1 N–H and O–H groups in total. The molecule has 0 bridgehead atoms. The molecule has 6 heteroatoms. The predicted molar refractivity (Wildman–Crippen MR) is 165 cm³/mol. The van der Waals surface area contributed by atoms with Gasteiger partial charge in [0.25, 0.3) is 5.91 Å². The fourth-order valence-corrected chi connectivity index (χ4v) is 4.92. The van der Waals surface area contributed by atoms with Crippen LogP contribution in [0.25, 0.3) is 22.4 Å². The van der Waals surface area contributed by atoms with Gasteiger partial charge in [-0.05, 0) is 73.2 Å². The number of aldehydes is 1. The second-order valence-electron chi connectivity index (χ2n) is 9.97. The Labute approximate surface area is 242 Å². The lowest BCUT2D eigenvalue weighted by Crippen LogP contribution is -2.24. The second-order valence-corrected chi connectivity index (χ2v) is 9.97. The van der Waals surface area contributed by atoms with Crippen molar-refractivity contribution in [1.82, 2.24) is 9.88 Å². The van der Waals surface area contributed by atoms with Crippen LogP contribution in [0.3, 0.4) is 0 Å². The van der Waals surface area contributed by atoms with Crippen molar-refractivity contribution < 1.29 is 18.7 Å². The molecular formula is C35H39FN2O3. The van der Waals surface area contributed by atoms with E-state index in [1.165, 1.54) is 18.2 Å². The molecule has 214 valence electrons. The summed E-state index contributed by atoms with van der Waals surface area (Å²) in [7, 11) is 1.65. The SMILES string of the molecule is C=C(/C=C\C=C/C)NC(=O)c1c(-c2ccccc2)c(-c2ccc(F)cc2)n(CC[C@H](C/C=C\C=O)OC)c1C(C)C. The molecule has 5 nitrogen and oxygen atoms in total. The third-order valence-electron chi connectivity index (χ3n) is 6.75. The number of methoxy groups -OCH3 is 1. The van der Waals surface area contributed by atoms with Gasteiger partial charge in [-0.25, -0.2) is 4.39 Å². The number of ether oxygens (including phenoxy) is 1. The minimum absolute atomic E-state index is 0.0183. The summed E-state index contributed by atoms with van der Waals surface area (Å²) in [6, 6.07) is 16.2. The Kier molecular flexibility index (Phi) is 11.8. The molecule has 1 heterocycles. The predicted octanol–water partition coefficient (Wildman–Crippen LogP) is 8.01. The lowest BCUT2D eigenvalue weighted by atomic mass is 9.94. The summed E-state index contributed by atoms with van der Waals surface area (Å²) in [5.74, 6) is -0.613. The van der Waals surface area contributed by atoms with Gasteiger partial charge in [0.1, 0.15) is 12.1 Å². The third kappa shape index (κ3) is 8.12. The molecule has 0 fully saturated rings. The van der Waals surface area contributed by atoms with E-state index in [0.29, 0.717) is 30.6 Å². The zero-order chi connectivity index (χ0) is 29.8. The normalized spacial score (nSPS) is 12.5. The first kappa shape index (κ1) is 31.2. The number of carbonyl (C=O) groups is 2. The number of amides is 1. The van der Waals surface area contributed by atoms with Crippen LogP contribution in [-0.2, 0) is 16.1 Å². The second kappa shape index (κ2) is 15.5. The Hall–Kier alpha value is -4.29. The van der Waals surface area contributed by atoms with Crippen molar-refractivity contribution >= 4 is 12.2 Å². The monoisotopic (exact) mass is 554 g/mol. The molecule has 3 rings (SSSR count). The number of benzene rings is 2. The zero-order valence-electron chi connectivity index (χ0n) is 24.3. The number of hydrogen-bond acceptors (Lipinski definition) is 3. The number of carbonyl (C=O) groups excluding carboxylic acids is 2. The lowest BCUT2D eigenvalue weighted by molar-refractivity contribution is -0.104. The Morgan fingerprint density at radius 3 is 2.37 bits per heavy atom. The number of allylic oxidation sites excluding steroid dienone is 5. The highest BCUT2D eigenvalue weighted by molar-refractivity contribution is 6.07. The molecular weight excluding hydrogens is 515 g/mol. The summed E-state index contributed by atoms with van der Waals surface area (Å²) in [6.45, 7) is 10.6. The highest BCUT2D eigenvalue weighted by Crippen LogP contribution is 2.42. The molecule has 0 aliphatic carbocycles. The molecule has 41 heavy (non-hydrogen) atoms. The summed E-state index contributed by atoms with van der Waals surface area (Å²) in [4.78, 5) is 24.8. The molecule has 0 unspecified atom stereocenters. The smallest absolute Gasteiger partial charge is 0.258 e. The van der Waals surface area contributed by atoms with E-state index in [1.807, 2.05) is 55.5 Å². The molecule has 0 aliphatic rings. The number of aromatic nitrogens is 1. The standard InChI is InChI=1S/C35H39FN2O3/c1-6-7-9-14-26(4)37-35(40)32-31(27-15-10-8-11-16-27)34(28-18-20-29(36)21-19-28)38(33(32)25(2)3)23-22-30(41-5)17-12-13-24-39/h6-16,18-21,24-25,30H,4,17,22-23H2,1-3,5H3,(H,37,40)/b7-6-,13-12-,14-9-/t30-/m0/s1. The zero-order valence-corrected chi connectivity index (χ0v) is 24.3. The average molecular weight is 555 g/mol. The van der Waals surface area contributed by atoms with Crippen molar-refractivity contribution in [3.63, 3.8) is 0 Å². The number of halogens is 1. The quantitative estimate of drug-likeness (QED) is 0.125. The Bertz CT molecular complexity index is 1410. The molecule has 0 spiro atoms. The minimum Gasteiger partial charge on any atom is -0.381 e. The number of hydrogen-bond donors (Lipinski definition) is 1. The first-order valence-electron chi connectivity index (χ1n) is 13.8. The number of rotatable bonds is 14. The van der Waals surface area contributed by atoms with E-state index in [-0.39, 0.29) is 23.7 Å². The van der Waals surface area contributed by atoms with Crippen molar-refractivity contribution in [1.29, 1.82) is 0 Å². The summed E-state index contributed by atoms with van der Waals surface area (Å²) in [5.41, 5.74) is 5.18. The molecule has 0 saturated carbocycles. The van der Waals surface area contributed by atoms with Crippen LogP contribution in [-0.4, -0.2) is 30.0 Å². The van der Waals surface area contributed by atoms with Gasteiger partial charge < -0.3 is 14.6 Å². The van der Waals surface area contributed by atoms with E-state index in [2.05, 4.69) is 30.3 Å². The van der Waals surface area contributed by atoms with Gasteiger partial charge in [-0.1, -0.05) is 75.1 Å². The van der Waals surface area contributed by atoms with Gasteiger partial charge in [-0.15, -0.1) is 0 Å². The van der Waals surface area contributed by atoms with Crippen LogP contribution >= 0.6 is 0 Å². The van der Waals surface area contributed by atoms with E-state index in [9.17, 15) is 14.0 Å². The van der Waals surface area contributed by atoms with Crippen LogP contribution in [0, 0.1) is 5.82 Å². The van der Waals surface area contributed by atoms with E-state index in [4.69, 9.17) is 4.74 Å². The summed E-state index contributed by atoms with van der Waals surface area (Å²) in [5, 5.41) is 2.98. The van der Waals surface area contributed by atoms with Crippen LogP contribution in [0.4, 0.5) is 4.39 Å². The van der Waals surface area contributed by atoms with E-state index in [1.54, 1.807) is 31.4 Å². The molecule has 0 saturated heterocycles. The molecule has 2 aromatic carbocycles. The van der Waals surface area contributed by atoms with Crippen molar-refractivity contribution in [3.8, 4) is 22.4 Å². The lowest BCUT2D eigenvalue weighted by Gasteiger charge is -2.20. The maximum Gasteiger partial charge on any atom is 0.258 e. The van der Waals surface area contributed by atoms with Crippen LogP contribution in [0.5, 0.6) is 0 Å². The molecule has 1 amide bonds. The van der Waals surface area contributed by atoms with Crippen molar-refractivity contribution in [3.05, 3.63) is 120 Å². The average Bonchev–Trinajstić information content (AvgIpc) is 3.31. The van der Waals surface area contributed by atoms with Gasteiger partial charge in [0, 0.05) is 30.6 Å². The van der Waals surface area contributed by atoms with E-state index < -0.39 is 0 Å². The molecule has 3 aromatic rings. The van der Waals surface area contributed by atoms with Crippen LogP contribution in [0.15, 0.2) is 103 Å². The molecule has 1 atom stereocenters. The van der Waals surface area contributed by atoms with Crippen LogP contribution < -0.4 is 5.32 Å². The summed E-state index contributed by atoms with van der Waals surface area (Å²) < 4.78 is 21.9. The van der Waals surface area contributed by atoms with E-state index in [0.717, 1.165) is 34.4 Å². The van der Waals surface area contributed by atoms with Gasteiger partial charge in [-0.3, -0.25) is 9.59 Å². The largest absolute Gasteiger partial charge is 0.381 e. The van der Waals surface area contributed by atoms with Crippen LogP contribution in [0.1, 0.15) is 55.6 Å². The fourth-order valence-electron chi connectivity index (χ4n) is 4.92.